The van der Waals surface area contributed by atoms with Crippen molar-refractivity contribution in [3.05, 3.63) is 60.2 Å². The lowest BCUT2D eigenvalue weighted by atomic mass is 10.1. The smallest absolute Gasteiger partial charge is 0.239 e. The molecule has 0 saturated carbocycles. The number of benzene rings is 2. The number of ether oxygens (including phenoxy) is 2. The van der Waals surface area contributed by atoms with Gasteiger partial charge in [-0.25, -0.2) is 0 Å². The topological polar surface area (TPSA) is 59.6 Å². The second-order valence-corrected chi connectivity index (χ2v) is 6.52. The Balaban J connectivity index is 1.40. The number of nitrogens with one attached hydrogen (secondary N) is 2. The predicted octanol–water partition coefficient (Wildman–Crippen LogP) is 3.53. The molecule has 3 rings (SSSR count). The van der Waals surface area contributed by atoms with E-state index in [1.165, 1.54) is 0 Å². The first-order valence-electron chi connectivity index (χ1n) is 9.13. The number of carbonyl (C=O) groups excluding carboxylic acids is 1. The molecule has 26 heavy (non-hydrogen) atoms. The molecule has 1 aliphatic rings. The van der Waals surface area contributed by atoms with Gasteiger partial charge in [-0.05, 0) is 49.6 Å². The molecule has 1 fully saturated rings. The summed E-state index contributed by atoms with van der Waals surface area (Å²) in [4.78, 5) is 12.1. The zero-order valence-electron chi connectivity index (χ0n) is 15.1. The van der Waals surface area contributed by atoms with Crippen LogP contribution in [-0.4, -0.2) is 31.8 Å². The van der Waals surface area contributed by atoms with Crippen LogP contribution in [-0.2, 0) is 9.53 Å². The van der Waals surface area contributed by atoms with Crippen molar-refractivity contribution in [3.63, 3.8) is 0 Å². The number of hydrogen-bond donors (Lipinski definition) is 2. The third-order valence-electron chi connectivity index (χ3n) is 4.44. The Morgan fingerprint density at radius 2 is 1.96 bits per heavy atom. The fourth-order valence-corrected chi connectivity index (χ4v) is 2.93. The molecule has 0 radical (unpaired) electrons. The highest BCUT2D eigenvalue weighted by Crippen LogP contribution is 2.18. The lowest BCUT2D eigenvalue weighted by Gasteiger charge is -2.15. The van der Waals surface area contributed by atoms with Gasteiger partial charge in [0.1, 0.15) is 12.4 Å². The van der Waals surface area contributed by atoms with Crippen molar-refractivity contribution in [1.82, 2.24) is 5.32 Å². The Morgan fingerprint density at radius 1 is 1.19 bits per heavy atom. The van der Waals surface area contributed by atoms with Crippen LogP contribution in [0.15, 0.2) is 54.6 Å². The Kier molecular flexibility index (Phi) is 6.50. The van der Waals surface area contributed by atoms with Crippen molar-refractivity contribution >= 4 is 11.6 Å². The molecule has 1 aliphatic heterocycles. The Labute approximate surface area is 154 Å². The summed E-state index contributed by atoms with van der Waals surface area (Å²) in [5.74, 6) is 0.772. The predicted molar refractivity (Wildman–Crippen MR) is 102 cm³/mol. The van der Waals surface area contributed by atoms with E-state index in [0.717, 1.165) is 36.4 Å². The average molecular weight is 354 g/mol. The summed E-state index contributed by atoms with van der Waals surface area (Å²) in [5, 5.41) is 6.12. The number of rotatable bonds is 8. The van der Waals surface area contributed by atoms with Crippen molar-refractivity contribution in [2.45, 2.75) is 31.9 Å². The fourth-order valence-electron chi connectivity index (χ4n) is 2.93. The summed E-state index contributed by atoms with van der Waals surface area (Å²) >= 11 is 0. The van der Waals surface area contributed by atoms with E-state index in [4.69, 9.17) is 9.47 Å². The standard InChI is InChI=1S/C21H26N2O3/c1-16(17-6-3-2-4-7-17)23-21(24)14-22-18-9-11-19(12-10-18)26-15-20-8-5-13-25-20/h2-4,6-7,9-12,16,20,22H,5,8,13-15H2,1H3,(H,23,24). The van der Waals surface area contributed by atoms with E-state index in [1.54, 1.807) is 0 Å². The van der Waals surface area contributed by atoms with Gasteiger partial charge in [-0.1, -0.05) is 30.3 Å². The minimum atomic E-state index is -0.0416. The monoisotopic (exact) mass is 354 g/mol. The first-order chi connectivity index (χ1) is 12.7. The van der Waals surface area contributed by atoms with Gasteiger partial charge in [0.15, 0.2) is 0 Å². The number of hydrogen-bond acceptors (Lipinski definition) is 4. The SMILES string of the molecule is CC(NC(=O)CNc1ccc(OCC2CCCO2)cc1)c1ccccc1. The molecule has 2 unspecified atom stereocenters. The van der Waals surface area contributed by atoms with Crippen LogP contribution in [0, 0.1) is 0 Å². The van der Waals surface area contributed by atoms with Crippen LogP contribution >= 0.6 is 0 Å². The van der Waals surface area contributed by atoms with E-state index in [0.29, 0.717) is 6.61 Å². The Hall–Kier alpha value is -2.53. The maximum absolute atomic E-state index is 12.1. The molecule has 2 aromatic rings. The molecule has 5 heteroatoms. The average Bonchev–Trinajstić information content (AvgIpc) is 3.20. The fraction of sp³-hybridized carbons (Fsp3) is 0.381. The van der Waals surface area contributed by atoms with E-state index < -0.39 is 0 Å². The van der Waals surface area contributed by atoms with E-state index in [9.17, 15) is 4.79 Å². The van der Waals surface area contributed by atoms with Gasteiger partial charge >= 0.3 is 0 Å². The van der Waals surface area contributed by atoms with E-state index in [-0.39, 0.29) is 24.6 Å². The van der Waals surface area contributed by atoms with Crippen LogP contribution < -0.4 is 15.4 Å². The second-order valence-electron chi connectivity index (χ2n) is 6.52. The molecule has 2 N–H and O–H groups in total. The van der Waals surface area contributed by atoms with Gasteiger partial charge in [-0.2, -0.15) is 0 Å². The molecule has 2 aromatic carbocycles. The summed E-state index contributed by atoms with van der Waals surface area (Å²) in [6.07, 6.45) is 2.39. The molecule has 0 aliphatic carbocycles. The maximum atomic E-state index is 12.1. The van der Waals surface area contributed by atoms with Crippen molar-refractivity contribution in [3.8, 4) is 5.75 Å². The zero-order valence-corrected chi connectivity index (χ0v) is 15.1. The third-order valence-corrected chi connectivity index (χ3v) is 4.44. The maximum Gasteiger partial charge on any atom is 0.239 e. The highest BCUT2D eigenvalue weighted by molar-refractivity contribution is 5.81. The van der Waals surface area contributed by atoms with Gasteiger partial charge in [-0.15, -0.1) is 0 Å². The first-order valence-corrected chi connectivity index (χ1v) is 9.13. The van der Waals surface area contributed by atoms with E-state index in [1.807, 2.05) is 61.5 Å². The molecule has 0 bridgehead atoms. The van der Waals surface area contributed by atoms with Crippen LogP contribution in [0.4, 0.5) is 5.69 Å². The Bertz CT molecular complexity index is 682. The number of amides is 1. The van der Waals surface area contributed by atoms with E-state index in [2.05, 4.69) is 10.6 Å². The summed E-state index contributed by atoms with van der Waals surface area (Å²) in [6, 6.07) is 17.5. The summed E-state index contributed by atoms with van der Waals surface area (Å²) in [7, 11) is 0. The number of carbonyl (C=O) groups is 1. The Morgan fingerprint density at radius 3 is 2.65 bits per heavy atom. The summed E-state index contributed by atoms with van der Waals surface area (Å²) in [6.45, 7) is 3.63. The summed E-state index contributed by atoms with van der Waals surface area (Å²) in [5.41, 5.74) is 1.98. The van der Waals surface area contributed by atoms with Gasteiger partial charge in [0.2, 0.25) is 5.91 Å². The molecular formula is C21H26N2O3. The van der Waals surface area contributed by atoms with Gasteiger partial charge in [-0.3, -0.25) is 4.79 Å². The minimum Gasteiger partial charge on any atom is -0.491 e. The molecule has 0 aromatic heterocycles. The quantitative estimate of drug-likeness (QED) is 0.761. The van der Waals surface area contributed by atoms with Crippen molar-refractivity contribution in [2.75, 3.05) is 25.1 Å². The van der Waals surface area contributed by atoms with Crippen LogP contribution in [0.25, 0.3) is 0 Å². The van der Waals surface area contributed by atoms with Crippen LogP contribution in [0.1, 0.15) is 31.4 Å². The highest BCUT2D eigenvalue weighted by Gasteiger charge is 2.15. The molecule has 5 nitrogen and oxygen atoms in total. The van der Waals surface area contributed by atoms with Crippen LogP contribution in [0.5, 0.6) is 5.75 Å². The second kappa shape index (κ2) is 9.25. The largest absolute Gasteiger partial charge is 0.491 e. The molecule has 1 saturated heterocycles. The van der Waals surface area contributed by atoms with Crippen molar-refractivity contribution < 1.29 is 14.3 Å². The van der Waals surface area contributed by atoms with Gasteiger partial charge < -0.3 is 20.1 Å². The van der Waals surface area contributed by atoms with E-state index >= 15 is 0 Å². The van der Waals surface area contributed by atoms with Crippen LogP contribution in [0.2, 0.25) is 0 Å². The van der Waals surface area contributed by atoms with Gasteiger partial charge in [0.25, 0.3) is 0 Å². The molecule has 0 spiro atoms. The lowest BCUT2D eigenvalue weighted by Crippen LogP contribution is -2.32. The highest BCUT2D eigenvalue weighted by atomic mass is 16.5. The molecule has 1 heterocycles. The molecule has 2 atom stereocenters. The minimum absolute atomic E-state index is 0.0147. The number of anilines is 1. The normalized spacial score (nSPS) is 17.5. The third kappa shape index (κ3) is 5.49. The zero-order chi connectivity index (χ0) is 18.2. The van der Waals surface area contributed by atoms with Gasteiger partial charge in [0.05, 0.1) is 18.7 Å². The lowest BCUT2D eigenvalue weighted by molar-refractivity contribution is -0.120. The molecular weight excluding hydrogens is 328 g/mol. The van der Waals surface area contributed by atoms with Crippen molar-refractivity contribution in [1.29, 1.82) is 0 Å². The van der Waals surface area contributed by atoms with Crippen molar-refractivity contribution in [2.24, 2.45) is 0 Å². The molecule has 1 amide bonds. The summed E-state index contributed by atoms with van der Waals surface area (Å²) < 4.78 is 11.3. The first kappa shape index (κ1) is 18.3. The molecule has 138 valence electrons. The van der Waals surface area contributed by atoms with Crippen LogP contribution in [0.3, 0.4) is 0 Å². The van der Waals surface area contributed by atoms with Gasteiger partial charge in [0, 0.05) is 12.3 Å².